The number of thiazole rings is 1. The van der Waals surface area contributed by atoms with Crippen molar-refractivity contribution in [3.8, 4) is 5.75 Å². The third kappa shape index (κ3) is 3.62. The number of amides is 1. The van der Waals surface area contributed by atoms with Crippen molar-refractivity contribution >= 4 is 33.1 Å². The van der Waals surface area contributed by atoms with Crippen molar-refractivity contribution < 1.29 is 9.53 Å². The van der Waals surface area contributed by atoms with Gasteiger partial charge in [0, 0.05) is 23.2 Å². The van der Waals surface area contributed by atoms with Crippen molar-refractivity contribution in [2.24, 2.45) is 0 Å². The monoisotopic (exact) mass is 343 g/mol. The van der Waals surface area contributed by atoms with Gasteiger partial charge in [-0.3, -0.25) is 9.59 Å². The van der Waals surface area contributed by atoms with Crippen LogP contribution in [-0.2, 0) is 11.3 Å². The number of nitrogens with zero attached hydrogens (tertiary/aromatic N) is 2. The molecular weight excluding hydrogens is 326 g/mol. The number of hydrogen-bond donors (Lipinski definition) is 1. The lowest BCUT2D eigenvalue weighted by Gasteiger charge is -2.11. The van der Waals surface area contributed by atoms with Crippen LogP contribution >= 0.6 is 11.3 Å². The van der Waals surface area contributed by atoms with Crippen LogP contribution in [0.3, 0.4) is 0 Å². The summed E-state index contributed by atoms with van der Waals surface area (Å²) >= 11 is 1.33. The molecule has 0 spiro atoms. The van der Waals surface area contributed by atoms with E-state index in [1.165, 1.54) is 15.9 Å². The molecule has 0 aliphatic carbocycles. The lowest BCUT2D eigenvalue weighted by Crippen LogP contribution is -2.27. The molecule has 7 heteroatoms. The molecule has 0 atom stereocenters. The Hall–Kier alpha value is -2.67. The van der Waals surface area contributed by atoms with Gasteiger partial charge in [-0.15, -0.1) is 11.3 Å². The van der Waals surface area contributed by atoms with E-state index in [0.717, 1.165) is 11.1 Å². The van der Waals surface area contributed by atoms with Crippen LogP contribution in [0.2, 0.25) is 0 Å². The van der Waals surface area contributed by atoms with Crippen LogP contribution in [0.25, 0.3) is 10.8 Å². The number of benzene rings is 1. The van der Waals surface area contributed by atoms with Gasteiger partial charge in [0.25, 0.3) is 5.56 Å². The van der Waals surface area contributed by atoms with Crippen LogP contribution in [0.15, 0.2) is 46.8 Å². The van der Waals surface area contributed by atoms with Gasteiger partial charge in [-0.2, -0.15) is 0 Å². The standard InChI is InChI=1S/C17H17N3O3S/c1-11(2)23-13-3-4-14-12(9-13)5-7-20(16(14)22)10-15(21)19-17-18-6-8-24-17/h3-9,11H,10H2,1-2H3,(H,18,19,21). The van der Waals surface area contributed by atoms with E-state index >= 15 is 0 Å². The van der Waals surface area contributed by atoms with Gasteiger partial charge in [-0.25, -0.2) is 4.98 Å². The molecule has 0 saturated carbocycles. The Morgan fingerprint density at radius 3 is 2.92 bits per heavy atom. The summed E-state index contributed by atoms with van der Waals surface area (Å²) in [6.45, 7) is 3.84. The molecule has 0 bridgehead atoms. The first-order valence-corrected chi connectivity index (χ1v) is 8.40. The summed E-state index contributed by atoms with van der Waals surface area (Å²) in [6.07, 6.45) is 3.29. The second-order valence-electron chi connectivity index (χ2n) is 5.55. The van der Waals surface area contributed by atoms with Crippen molar-refractivity contribution in [1.82, 2.24) is 9.55 Å². The first-order valence-electron chi connectivity index (χ1n) is 7.52. The molecular formula is C17H17N3O3S. The Balaban J connectivity index is 1.83. The number of fused-ring (bicyclic) bond motifs is 1. The van der Waals surface area contributed by atoms with Gasteiger partial charge in [-0.1, -0.05) is 0 Å². The molecule has 1 aromatic carbocycles. The molecule has 2 aromatic heterocycles. The molecule has 3 rings (SSSR count). The number of carbonyl (C=O) groups excluding carboxylic acids is 1. The molecule has 124 valence electrons. The second kappa shape index (κ2) is 6.84. The first kappa shape index (κ1) is 16.2. The van der Waals surface area contributed by atoms with Crippen LogP contribution in [-0.4, -0.2) is 21.6 Å². The van der Waals surface area contributed by atoms with Crippen LogP contribution in [0.5, 0.6) is 5.75 Å². The molecule has 0 saturated heterocycles. The first-order chi connectivity index (χ1) is 11.5. The van der Waals surface area contributed by atoms with Crippen molar-refractivity contribution in [2.45, 2.75) is 26.5 Å². The number of carbonyl (C=O) groups is 1. The van der Waals surface area contributed by atoms with Crippen molar-refractivity contribution in [3.63, 3.8) is 0 Å². The number of nitrogens with one attached hydrogen (secondary N) is 1. The molecule has 0 aliphatic rings. The van der Waals surface area contributed by atoms with Crippen LogP contribution in [0, 0.1) is 0 Å². The van der Waals surface area contributed by atoms with Gasteiger partial charge in [0.2, 0.25) is 5.91 Å². The Morgan fingerprint density at radius 1 is 1.38 bits per heavy atom. The molecule has 6 nitrogen and oxygen atoms in total. The molecule has 0 unspecified atom stereocenters. The minimum atomic E-state index is -0.286. The highest BCUT2D eigenvalue weighted by molar-refractivity contribution is 7.13. The fourth-order valence-electron chi connectivity index (χ4n) is 2.33. The summed E-state index contributed by atoms with van der Waals surface area (Å²) in [6, 6.07) is 7.13. The van der Waals surface area contributed by atoms with Crippen molar-refractivity contribution in [1.29, 1.82) is 0 Å². The fourth-order valence-corrected chi connectivity index (χ4v) is 2.88. The summed E-state index contributed by atoms with van der Waals surface area (Å²) in [4.78, 5) is 28.5. The zero-order chi connectivity index (χ0) is 17.1. The Kier molecular flexibility index (Phi) is 4.61. The summed E-state index contributed by atoms with van der Waals surface area (Å²) < 4.78 is 7.02. The maximum atomic E-state index is 12.5. The highest BCUT2D eigenvalue weighted by Gasteiger charge is 2.09. The topological polar surface area (TPSA) is 73.2 Å². The normalized spacial score (nSPS) is 11.0. The second-order valence-corrected chi connectivity index (χ2v) is 6.44. The summed E-state index contributed by atoms with van der Waals surface area (Å²) in [5.74, 6) is 0.433. The zero-order valence-corrected chi connectivity index (χ0v) is 14.2. The highest BCUT2D eigenvalue weighted by atomic mass is 32.1. The Labute approximate surface area is 142 Å². The molecule has 2 heterocycles. The Morgan fingerprint density at radius 2 is 2.21 bits per heavy atom. The van der Waals surface area contributed by atoms with E-state index in [-0.39, 0.29) is 24.1 Å². The maximum Gasteiger partial charge on any atom is 0.258 e. The largest absolute Gasteiger partial charge is 0.491 e. The van der Waals surface area contributed by atoms with E-state index in [2.05, 4.69) is 10.3 Å². The van der Waals surface area contributed by atoms with Gasteiger partial charge in [0.1, 0.15) is 12.3 Å². The zero-order valence-electron chi connectivity index (χ0n) is 13.4. The molecule has 0 fully saturated rings. The molecule has 3 aromatic rings. The lowest BCUT2D eigenvalue weighted by atomic mass is 10.1. The van der Waals surface area contributed by atoms with E-state index in [4.69, 9.17) is 4.74 Å². The minimum absolute atomic E-state index is 0.0569. The number of ether oxygens (including phenoxy) is 1. The number of hydrogen-bond acceptors (Lipinski definition) is 5. The van der Waals surface area contributed by atoms with E-state index in [1.807, 2.05) is 19.9 Å². The smallest absolute Gasteiger partial charge is 0.258 e. The third-order valence-corrected chi connectivity index (χ3v) is 4.00. The van der Waals surface area contributed by atoms with Gasteiger partial charge in [0.15, 0.2) is 5.13 Å². The quantitative estimate of drug-likeness (QED) is 0.773. The average Bonchev–Trinajstić information content (AvgIpc) is 3.02. The predicted molar refractivity (Wildman–Crippen MR) is 94.7 cm³/mol. The van der Waals surface area contributed by atoms with Gasteiger partial charge in [-0.05, 0) is 43.5 Å². The number of anilines is 1. The maximum absolute atomic E-state index is 12.5. The summed E-state index contributed by atoms with van der Waals surface area (Å²) in [5, 5.41) is 6.29. The van der Waals surface area contributed by atoms with Gasteiger partial charge < -0.3 is 14.6 Å². The third-order valence-electron chi connectivity index (χ3n) is 3.31. The van der Waals surface area contributed by atoms with Crippen LogP contribution in [0.1, 0.15) is 13.8 Å². The predicted octanol–water partition coefficient (Wildman–Crippen LogP) is 2.88. The SMILES string of the molecule is CC(C)Oc1ccc2c(=O)n(CC(=O)Nc3nccs3)ccc2c1. The number of rotatable bonds is 5. The molecule has 24 heavy (non-hydrogen) atoms. The van der Waals surface area contributed by atoms with Crippen molar-refractivity contribution in [2.75, 3.05) is 5.32 Å². The minimum Gasteiger partial charge on any atom is -0.491 e. The average molecular weight is 343 g/mol. The number of aromatic nitrogens is 2. The fraction of sp³-hybridized carbons (Fsp3) is 0.235. The highest BCUT2D eigenvalue weighted by Crippen LogP contribution is 2.19. The summed E-state index contributed by atoms with van der Waals surface area (Å²) in [7, 11) is 0. The van der Waals surface area contributed by atoms with E-state index in [1.54, 1.807) is 36.0 Å². The summed E-state index contributed by atoms with van der Waals surface area (Å²) in [5.41, 5.74) is -0.210. The van der Waals surface area contributed by atoms with Crippen molar-refractivity contribution in [3.05, 3.63) is 52.4 Å². The van der Waals surface area contributed by atoms with E-state index in [0.29, 0.717) is 10.5 Å². The number of pyridine rings is 1. The molecule has 1 amide bonds. The van der Waals surface area contributed by atoms with Gasteiger partial charge >= 0.3 is 0 Å². The molecule has 0 aliphatic heterocycles. The molecule has 0 radical (unpaired) electrons. The van der Waals surface area contributed by atoms with Crippen LogP contribution in [0.4, 0.5) is 5.13 Å². The van der Waals surface area contributed by atoms with E-state index < -0.39 is 0 Å². The van der Waals surface area contributed by atoms with Crippen LogP contribution < -0.4 is 15.6 Å². The molecule has 1 N–H and O–H groups in total. The Bertz CT molecular complexity index is 916. The van der Waals surface area contributed by atoms with Gasteiger partial charge in [0.05, 0.1) is 6.10 Å². The lowest BCUT2D eigenvalue weighted by molar-refractivity contribution is -0.116. The van der Waals surface area contributed by atoms with E-state index in [9.17, 15) is 9.59 Å².